The van der Waals surface area contributed by atoms with E-state index in [1.165, 1.54) is 23.1 Å². The second kappa shape index (κ2) is 9.30. The van der Waals surface area contributed by atoms with Gasteiger partial charge in [0.2, 0.25) is 0 Å². The molecule has 0 saturated heterocycles. The molecule has 1 heterocycles. The van der Waals surface area contributed by atoms with Crippen LogP contribution >= 0.6 is 11.8 Å². The highest BCUT2D eigenvalue weighted by molar-refractivity contribution is 7.98. The number of hydrazine groups is 2. The number of nitrogens with zero attached hydrogens (tertiary/aromatic N) is 3. The first kappa shape index (κ1) is 21.8. The topological polar surface area (TPSA) is 88.5 Å². The van der Waals surface area contributed by atoms with Crippen molar-refractivity contribution in [2.24, 2.45) is 11.7 Å². The fourth-order valence-corrected chi connectivity index (χ4v) is 4.49. The zero-order valence-electron chi connectivity index (χ0n) is 17.7. The summed E-state index contributed by atoms with van der Waals surface area (Å²) in [5.41, 5.74) is 7.20. The Bertz CT molecular complexity index is 1050. The van der Waals surface area contributed by atoms with Gasteiger partial charge in [-0.1, -0.05) is 18.2 Å². The van der Waals surface area contributed by atoms with E-state index in [2.05, 4.69) is 31.0 Å². The molecule has 4 N–H and O–H groups in total. The SMILES string of the molecule is Cc1cc(-c2ccccn2)c(C)cc1SCc1c(C)cccc1N(N)C(=O)N(C)N. The summed E-state index contributed by atoms with van der Waals surface area (Å²) in [6, 6.07) is 15.6. The molecule has 0 fully saturated rings. The van der Waals surface area contributed by atoms with Crippen LogP contribution in [0.2, 0.25) is 0 Å². The number of urea groups is 1. The minimum absolute atomic E-state index is 0.474. The van der Waals surface area contributed by atoms with Crippen LogP contribution in [0.3, 0.4) is 0 Å². The van der Waals surface area contributed by atoms with E-state index in [0.717, 1.165) is 32.4 Å². The average Bonchev–Trinajstić information content (AvgIpc) is 2.74. The summed E-state index contributed by atoms with van der Waals surface area (Å²) < 4.78 is 0. The Morgan fingerprint density at radius 1 is 1.00 bits per heavy atom. The molecule has 0 bridgehead atoms. The van der Waals surface area contributed by atoms with Gasteiger partial charge in [0, 0.05) is 29.5 Å². The Hall–Kier alpha value is -2.87. The first-order valence-electron chi connectivity index (χ1n) is 9.60. The van der Waals surface area contributed by atoms with Crippen LogP contribution in [0, 0.1) is 20.8 Å². The Morgan fingerprint density at radius 3 is 2.43 bits per heavy atom. The molecule has 0 radical (unpaired) electrons. The number of hydrogen-bond donors (Lipinski definition) is 2. The molecule has 3 rings (SSSR count). The molecule has 0 aliphatic rings. The zero-order chi connectivity index (χ0) is 21.8. The lowest BCUT2D eigenvalue weighted by Gasteiger charge is -2.24. The molecule has 0 aliphatic heterocycles. The zero-order valence-corrected chi connectivity index (χ0v) is 18.5. The molecule has 156 valence electrons. The number of pyridine rings is 1. The molecular formula is C23H27N5OS. The maximum atomic E-state index is 12.2. The van der Waals surface area contributed by atoms with Gasteiger partial charge in [-0.05, 0) is 73.4 Å². The molecule has 0 unspecified atom stereocenters. The van der Waals surface area contributed by atoms with Crippen LogP contribution in [-0.4, -0.2) is 23.1 Å². The third-order valence-electron chi connectivity index (χ3n) is 4.99. The quantitative estimate of drug-likeness (QED) is 0.273. The molecule has 0 aliphatic carbocycles. The van der Waals surface area contributed by atoms with Crippen LogP contribution < -0.4 is 16.7 Å². The average molecular weight is 422 g/mol. The maximum absolute atomic E-state index is 12.2. The van der Waals surface area contributed by atoms with Crippen molar-refractivity contribution in [2.75, 3.05) is 12.1 Å². The Labute approximate surface area is 181 Å². The number of rotatable bonds is 5. The number of nitrogens with two attached hydrogens (primary N) is 2. The van der Waals surface area contributed by atoms with Gasteiger partial charge in [-0.25, -0.2) is 21.5 Å². The summed E-state index contributed by atoms with van der Waals surface area (Å²) in [6.07, 6.45) is 1.81. The van der Waals surface area contributed by atoms with Crippen molar-refractivity contribution in [3.8, 4) is 11.3 Å². The van der Waals surface area contributed by atoms with E-state index < -0.39 is 6.03 Å². The first-order valence-corrected chi connectivity index (χ1v) is 10.6. The van der Waals surface area contributed by atoms with Gasteiger partial charge in [0.1, 0.15) is 0 Å². The molecule has 2 amide bonds. The van der Waals surface area contributed by atoms with Crippen LogP contribution in [-0.2, 0) is 5.75 Å². The molecule has 0 saturated carbocycles. The van der Waals surface area contributed by atoms with Gasteiger partial charge in [-0.2, -0.15) is 0 Å². The maximum Gasteiger partial charge on any atom is 0.352 e. The van der Waals surface area contributed by atoms with E-state index in [0.29, 0.717) is 11.4 Å². The number of benzene rings is 2. The van der Waals surface area contributed by atoms with E-state index in [1.54, 1.807) is 11.8 Å². The Morgan fingerprint density at radius 2 is 1.77 bits per heavy atom. The van der Waals surface area contributed by atoms with Gasteiger partial charge in [-0.15, -0.1) is 11.8 Å². The number of carbonyl (C=O) groups excluding carboxylic acids is 1. The van der Waals surface area contributed by atoms with Crippen LogP contribution in [0.5, 0.6) is 0 Å². The Balaban J connectivity index is 1.88. The highest BCUT2D eigenvalue weighted by Gasteiger charge is 2.19. The van der Waals surface area contributed by atoms with Gasteiger partial charge in [-0.3, -0.25) is 9.99 Å². The van der Waals surface area contributed by atoms with Gasteiger partial charge >= 0.3 is 6.03 Å². The predicted molar refractivity (Wildman–Crippen MR) is 124 cm³/mol. The number of thioether (sulfide) groups is 1. The highest BCUT2D eigenvalue weighted by atomic mass is 32.2. The monoisotopic (exact) mass is 421 g/mol. The lowest BCUT2D eigenvalue weighted by molar-refractivity contribution is 0.216. The van der Waals surface area contributed by atoms with Crippen molar-refractivity contribution in [1.82, 2.24) is 9.99 Å². The lowest BCUT2D eigenvalue weighted by atomic mass is 10.0. The van der Waals surface area contributed by atoms with Crippen molar-refractivity contribution in [1.29, 1.82) is 0 Å². The molecular weight excluding hydrogens is 394 g/mol. The normalized spacial score (nSPS) is 10.7. The van der Waals surface area contributed by atoms with E-state index in [4.69, 9.17) is 11.7 Å². The van der Waals surface area contributed by atoms with Crippen molar-refractivity contribution < 1.29 is 4.79 Å². The van der Waals surface area contributed by atoms with E-state index in [9.17, 15) is 4.79 Å². The fraction of sp³-hybridized carbons (Fsp3) is 0.217. The van der Waals surface area contributed by atoms with Crippen LogP contribution in [0.15, 0.2) is 59.6 Å². The molecule has 7 heteroatoms. The van der Waals surface area contributed by atoms with Gasteiger partial charge in [0.25, 0.3) is 0 Å². The fourth-order valence-electron chi connectivity index (χ4n) is 3.27. The van der Waals surface area contributed by atoms with Crippen molar-refractivity contribution in [2.45, 2.75) is 31.4 Å². The molecule has 1 aromatic heterocycles. The minimum atomic E-state index is -0.474. The smallest absolute Gasteiger partial charge is 0.264 e. The molecule has 6 nitrogen and oxygen atoms in total. The highest BCUT2D eigenvalue weighted by Crippen LogP contribution is 2.35. The molecule has 2 aromatic carbocycles. The number of anilines is 1. The molecule has 0 atom stereocenters. The number of carbonyl (C=O) groups is 1. The molecule has 3 aromatic rings. The van der Waals surface area contributed by atoms with Gasteiger partial charge in [0.15, 0.2) is 0 Å². The third kappa shape index (κ3) is 4.64. The van der Waals surface area contributed by atoms with E-state index in [1.807, 2.05) is 49.5 Å². The standard InChI is InChI=1S/C23H27N5OS/c1-15-8-7-10-21(28(25)23(29)27(4)24)19(15)14-30-22-13-16(2)18(12-17(22)3)20-9-5-6-11-26-20/h5-13H,14,24-25H2,1-4H3. The first-order chi connectivity index (χ1) is 14.3. The predicted octanol–water partition coefficient (Wildman–Crippen LogP) is 4.57. The van der Waals surface area contributed by atoms with Crippen molar-refractivity contribution >= 4 is 23.5 Å². The van der Waals surface area contributed by atoms with E-state index >= 15 is 0 Å². The summed E-state index contributed by atoms with van der Waals surface area (Å²) in [6.45, 7) is 6.23. The second-order valence-corrected chi connectivity index (χ2v) is 8.29. The summed E-state index contributed by atoms with van der Waals surface area (Å²) in [4.78, 5) is 17.9. The Kier molecular flexibility index (Phi) is 6.77. The van der Waals surface area contributed by atoms with Crippen LogP contribution in [0.4, 0.5) is 10.5 Å². The third-order valence-corrected chi connectivity index (χ3v) is 6.17. The number of amides is 2. The number of aromatic nitrogens is 1. The summed E-state index contributed by atoms with van der Waals surface area (Å²) in [5.74, 6) is 12.3. The molecule has 0 spiro atoms. The summed E-state index contributed by atoms with van der Waals surface area (Å²) >= 11 is 1.73. The summed E-state index contributed by atoms with van der Waals surface area (Å²) in [5, 5.41) is 2.08. The van der Waals surface area contributed by atoms with Gasteiger partial charge in [0.05, 0.1) is 11.4 Å². The number of hydrogen-bond acceptors (Lipinski definition) is 5. The second-order valence-electron chi connectivity index (χ2n) is 7.27. The van der Waals surface area contributed by atoms with Crippen LogP contribution in [0.1, 0.15) is 22.3 Å². The summed E-state index contributed by atoms with van der Waals surface area (Å²) in [7, 11) is 1.47. The number of aryl methyl sites for hydroxylation is 3. The van der Waals surface area contributed by atoms with Crippen LogP contribution in [0.25, 0.3) is 11.3 Å². The minimum Gasteiger partial charge on any atom is -0.264 e. The van der Waals surface area contributed by atoms with Gasteiger partial charge < -0.3 is 0 Å². The molecule has 30 heavy (non-hydrogen) atoms. The largest absolute Gasteiger partial charge is 0.352 e. The van der Waals surface area contributed by atoms with Crippen molar-refractivity contribution in [3.63, 3.8) is 0 Å². The lowest BCUT2D eigenvalue weighted by Crippen LogP contribution is -2.49. The van der Waals surface area contributed by atoms with Crippen molar-refractivity contribution in [3.05, 3.63) is 77.0 Å². The van der Waals surface area contributed by atoms with E-state index in [-0.39, 0.29) is 0 Å².